The summed E-state index contributed by atoms with van der Waals surface area (Å²) >= 11 is 0. The molecule has 1 saturated heterocycles. The second-order valence-corrected chi connectivity index (χ2v) is 4.82. The number of carbonyl (C=O) groups excluding carboxylic acids is 2. The summed E-state index contributed by atoms with van der Waals surface area (Å²) in [4.78, 5) is 25.1. The van der Waals surface area contributed by atoms with Crippen LogP contribution in [0, 0.1) is 5.92 Å². The monoisotopic (exact) mass is 261 g/mol. The Morgan fingerprint density at radius 3 is 2.63 bits per heavy atom. The van der Waals surface area contributed by atoms with E-state index in [4.69, 9.17) is 5.73 Å². The van der Waals surface area contributed by atoms with E-state index in [2.05, 4.69) is 5.32 Å². The first-order valence-electron chi connectivity index (χ1n) is 6.53. The van der Waals surface area contributed by atoms with Gasteiger partial charge in [-0.25, -0.2) is 0 Å². The summed E-state index contributed by atoms with van der Waals surface area (Å²) in [5, 5.41) is 2.80. The summed E-state index contributed by atoms with van der Waals surface area (Å²) in [5.41, 5.74) is 7.05. The number of anilines is 2. The van der Waals surface area contributed by atoms with Crippen molar-refractivity contribution < 1.29 is 9.59 Å². The van der Waals surface area contributed by atoms with Gasteiger partial charge in [-0.3, -0.25) is 9.59 Å². The van der Waals surface area contributed by atoms with Crippen LogP contribution in [0.15, 0.2) is 24.3 Å². The first-order valence-corrected chi connectivity index (χ1v) is 6.53. The minimum Gasteiger partial charge on any atom is -0.330 e. The topological polar surface area (TPSA) is 75.4 Å². The van der Waals surface area contributed by atoms with Crippen LogP contribution in [0.5, 0.6) is 0 Å². The molecule has 2 amide bonds. The fourth-order valence-corrected chi connectivity index (χ4v) is 2.02. The van der Waals surface area contributed by atoms with Crippen LogP contribution in [0.3, 0.4) is 0 Å². The van der Waals surface area contributed by atoms with Gasteiger partial charge in [0.2, 0.25) is 11.8 Å². The summed E-state index contributed by atoms with van der Waals surface area (Å²) < 4.78 is 0. The maximum Gasteiger partial charge on any atom is 0.228 e. The van der Waals surface area contributed by atoms with E-state index in [0.717, 1.165) is 24.3 Å². The molecule has 0 aliphatic carbocycles. The molecule has 3 N–H and O–H groups in total. The third-order valence-electron chi connectivity index (χ3n) is 3.32. The van der Waals surface area contributed by atoms with E-state index in [1.165, 1.54) is 0 Å². The molecular weight excluding hydrogens is 242 g/mol. The Bertz CT molecular complexity index is 470. The number of carbonyl (C=O) groups is 2. The number of hydrogen-bond acceptors (Lipinski definition) is 3. The molecule has 5 nitrogen and oxygen atoms in total. The molecule has 1 aromatic carbocycles. The molecule has 102 valence electrons. The molecule has 1 heterocycles. The van der Waals surface area contributed by atoms with Crippen LogP contribution in [-0.2, 0) is 9.59 Å². The van der Waals surface area contributed by atoms with Crippen LogP contribution >= 0.6 is 0 Å². The average Bonchev–Trinajstić information content (AvgIpc) is 2.85. The van der Waals surface area contributed by atoms with E-state index in [1.54, 1.807) is 11.8 Å². The number of benzene rings is 1. The van der Waals surface area contributed by atoms with Gasteiger partial charge in [-0.05, 0) is 30.7 Å². The first-order chi connectivity index (χ1) is 9.11. The molecular formula is C14H19N3O2. The molecule has 1 atom stereocenters. The van der Waals surface area contributed by atoms with Crippen LogP contribution in [0.1, 0.15) is 19.8 Å². The standard InChI is InChI=1S/C14H19N3O2/c1-10(9-15)14(19)16-11-4-6-12(7-5-11)17-8-2-3-13(17)18/h4-7,10H,2-3,8-9,15H2,1H3,(H,16,19). The average molecular weight is 261 g/mol. The van der Waals surface area contributed by atoms with Gasteiger partial charge in [0, 0.05) is 36.8 Å². The summed E-state index contributed by atoms with van der Waals surface area (Å²) in [6.45, 7) is 2.88. The Morgan fingerprint density at radius 1 is 1.42 bits per heavy atom. The second kappa shape index (κ2) is 5.84. The fraction of sp³-hybridized carbons (Fsp3) is 0.429. The van der Waals surface area contributed by atoms with Crippen molar-refractivity contribution in [3.05, 3.63) is 24.3 Å². The number of nitrogens with zero attached hydrogens (tertiary/aromatic N) is 1. The molecule has 0 spiro atoms. The molecule has 1 aliphatic heterocycles. The van der Waals surface area contributed by atoms with Gasteiger partial charge >= 0.3 is 0 Å². The van der Waals surface area contributed by atoms with E-state index in [0.29, 0.717) is 13.0 Å². The summed E-state index contributed by atoms with van der Waals surface area (Å²) in [7, 11) is 0. The largest absolute Gasteiger partial charge is 0.330 e. The molecule has 0 bridgehead atoms. The minimum absolute atomic E-state index is 0.0903. The first kappa shape index (κ1) is 13.5. The smallest absolute Gasteiger partial charge is 0.228 e. The third-order valence-corrected chi connectivity index (χ3v) is 3.32. The van der Waals surface area contributed by atoms with Crippen molar-refractivity contribution in [3.63, 3.8) is 0 Å². The quantitative estimate of drug-likeness (QED) is 0.859. The van der Waals surface area contributed by atoms with Crippen LogP contribution < -0.4 is 16.0 Å². The Balaban J connectivity index is 2.02. The molecule has 1 fully saturated rings. The Morgan fingerprint density at radius 2 is 2.11 bits per heavy atom. The normalized spacial score (nSPS) is 16.5. The zero-order valence-electron chi connectivity index (χ0n) is 11.1. The van der Waals surface area contributed by atoms with Crippen LogP contribution in [-0.4, -0.2) is 24.9 Å². The zero-order valence-corrected chi connectivity index (χ0v) is 11.1. The predicted molar refractivity (Wildman–Crippen MR) is 74.9 cm³/mol. The summed E-state index contributed by atoms with van der Waals surface area (Å²) in [6.07, 6.45) is 1.53. The lowest BCUT2D eigenvalue weighted by Gasteiger charge is -2.16. The number of hydrogen-bond donors (Lipinski definition) is 2. The molecule has 0 saturated carbocycles. The van der Waals surface area contributed by atoms with Crippen molar-refractivity contribution in [1.29, 1.82) is 0 Å². The SMILES string of the molecule is CC(CN)C(=O)Nc1ccc(N2CCCC2=O)cc1. The Hall–Kier alpha value is -1.88. The van der Waals surface area contributed by atoms with Gasteiger partial charge in [-0.2, -0.15) is 0 Å². The van der Waals surface area contributed by atoms with E-state index in [1.807, 2.05) is 24.3 Å². The lowest BCUT2D eigenvalue weighted by atomic mass is 10.1. The molecule has 19 heavy (non-hydrogen) atoms. The molecule has 1 aliphatic rings. The number of nitrogens with one attached hydrogen (secondary N) is 1. The molecule has 0 aromatic heterocycles. The molecule has 1 aromatic rings. The van der Waals surface area contributed by atoms with Gasteiger partial charge in [-0.15, -0.1) is 0 Å². The predicted octanol–water partition coefficient (Wildman–Crippen LogP) is 1.35. The second-order valence-electron chi connectivity index (χ2n) is 4.82. The maximum absolute atomic E-state index is 11.7. The molecule has 5 heteroatoms. The highest BCUT2D eigenvalue weighted by molar-refractivity contribution is 5.96. The highest BCUT2D eigenvalue weighted by Gasteiger charge is 2.21. The van der Waals surface area contributed by atoms with Crippen molar-refractivity contribution in [2.24, 2.45) is 11.7 Å². The lowest BCUT2D eigenvalue weighted by molar-refractivity contribution is -0.119. The molecule has 2 rings (SSSR count). The molecule has 1 unspecified atom stereocenters. The zero-order chi connectivity index (χ0) is 13.8. The fourth-order valence-electron chi connectivity index (χ4n) is 2.02. The highest BCUT2D eigenvalue weighted by atomic mass is 16.2. The molecule has 0 radical (unpaired) electrons. The van der Waals surface area contributed by atoms with E-state index in [-0.39, 0.29) is 17.7 Å². The minimum atomic E-state index is -0.208. The van der Waals surface area contributed by atoms with Gasteiger partial charge in [0.15, 0.2) is 0 Å². The number of amides is 2. The number of nitrogens with two attached hydrogens (primary N) is 1. The van der Waals surface area contributed by atoms with Crippen molar-refractivity contribution in [1.82, 2.24) is 0 Å². The number of rotatable bonds is 4. The van der Waals surface area contributed by atoms with Crippen molar-refractivity contribution in [2.45, 2.75) is 19.8 Å². The van der Waals surface area contributed by atoms with Crippen molar-refractivity contribution >= 4 is 23.2 Å². The van der Waals surface area contributed by atoms with E-state index >= 15 is 0 Å². The van der Waals surface area contributed by atoms with Crippen LogP contribution in [0.4, 0.5) is 11.4 Å². The van der Waals surface area contributed by atoms with E-state index in [9.17, 15) is 9.59 Å². The lowest BCUT2D eigenvalue weighted by Crippen LogP contribution is -2.26. The Kier molecular flexibility index (Phi) is 4.16. The summed E-state index contributed by atoms with van der Waals surface area (Å²) in [6, 6.07) is 7.32. The van der Waals surface area contributed by atoms with Gasteiger partial charge < -0.3 is 16.0 Å². The van der Waals surface area contributed by atoms with Crippen molar-refractivity contribution in [2.75, 3.05) is 23.3 Å². The van der Waals surface area contributed by atoms with Gasteiger partial charge in [-0.1, -0.05) is 6.92 Å². The Labute approximate surface area is 112 Å². The van der Waals surface area contributed by atoms with E-state index < -0.39 is 0 Å². The third kappa shape index (κ3) is 3.12. The van der Waals surface area contributed by atoms with Crippen molar-refractivity contribution in [3.8, 4) is 0 Å². The van der Waals surface area contributed by atoms with Gasteiger partial charge in [0.05, 0.1) is 0 Å². The van der Waals surface area contributed by atoms with Gasteiger partial charge in [0.1, 0.15) is 0 Å². The van der Waals surface area contributed by atoms with Crippen LogP contribution in [0.2, 0.25) is 0 Å². The highest BCUT2D eigenvalue weighted by Crippen LogP contribution is 2.23. The van der Waals surface area contributed by atoms with Crippen LogP contribution in [0.25, 0.3) is 0 Å². The van der Waals surface area contributed by atoms with Gasteiger partial charge in [0.25, 0.3) is 0 Å². The maximum atomic E-state index is 11.7. The summed E-state index contributed by atoms with van der Waals surface area (Å²) in [5.74, 6) is -0.138.